The number of nitrogens with two attached hydrogens (primary N) is 1. The lowest BCUT2D eigenvalue weighted by atomic mass is 9.94. The Hall–Kier alpha value is -3.30. The molecule has 1 aliphatic rings. The van der Waals surface area contributed by atoms with Gasteiger partial charge in [0, 0.05) is 17.3 Å². The van der Waals surface area contributed by atoms with Gasteiger partial charge >= 0.3 is 0 Å². The number of amides is 1. The first kappa shape index (κ1) is 16.6. The highest BCUT2D eigenvalue weighted by Gasteiger charge is 2.35. The monoisotopic (exact) mass is 346 g/mol. The molecule has 0 saturated carbocycles. The second kappa shape index (κ2) is 6.30. The molecule has 3 N–H and O–H groups in total. The molecule has 0 saturated heterocycles. The lowest BCUT2D eigenvalue weighted by molar-refractivity contribution is -0.115. The molecule has 0 bridgehead atoms. The van der Waals surface area contributed by atoms with E-state index in [0.29, 0.717) is 40.0 Å². The van der Waals surface area contributed by atoms with E-state index in [1.54, 1.807) is 19.1 Å². The molecule has 1 aromatic carbocycles. The van der Waals surface area contributed by atoms with Crippen LogP contribution in [0.25, 0.3) is 0 Å². The zero-order chi connectivity index (χ0) is 18.1. The van der Waals surface area contributed by atoms with Gasteiger partial charge in [-0.25, -0.2) is 0 Å². The Kier molecular flexibility index (Phi) is 4.17. The third kappa shape index (κ3) is 2.61. The van der Waals surface area contributed by atoms with Crippen LogP contribution in [0.1, 0.15) is 18.5 Å². The van der Waals surface area contributed by atoms with E-state index in [-0.39, 0.29) is 0 Å². The highest BCUT2D eigenvalue weighted by molar-refractivity contribution is 5.95. The van der Waals surface area contributed by atoms with Crippen molar-refractivity contribution in [2.75, 3.05) is 26.6 Å². The van der Waals surface area contributed by atoms with E-state index in [2.05, 4.69) is 20.8 Å². The van der Waals surface area contributed by atoms with Gasteiger partial charge in [0.05, 0.1) is 26.9 Å². The van der Waals surface area contributed by atoms with Crippen molar-refractivity contribution in [2.24, 2.45) is 5.73 Å². The van der Waals surface area contributed by atoms with E-state index < -0.39 is 11.9 Å². The highest BCUT2D eigenvalue weighted by atomic mass is 16.5. The lowest BCUT2D eigenvalue weighted by Gasteiger charge is -2.28. The van der Waals surface area contributed by atoms with Crippen molar-refractivity contribution in [3.63, 3.8) is 0 Å². The molecule has 0 aliphatic carbocycles. The largest absolute Gasteiger partial charge is 0.496 e. The molecule has 2 heterocycles. The molecule has 25 heavy (non-hydrogen) atoms. The van der Waals surface area contributed by atoms with Gasteiger partial charge in [-0.2, -0.15) is 4.68 Å². The van der Waals surface area contributed by atoms with E-state index in [1.807, 2.05) is 0 Å². The third-order valence-corrected chi connectivity index (χ3v) is 4.01. The molecule has 10 nitrogen and oxygen atoms in total. The van der Waals surface area contributed by atoms with Crippen molar-refractivity contribution in [3.8, 4) is 17.2 Å². The standard InChI is InChI=1S/C15H18N6O4/c1-7-12(14(16)22)13(21-15(17-7)18-19-20-21)8-5-10(24-3)11(25-4)6-9(8)23-2/h5-6,13H,1-4H3,(H2,16,22)(H,17,18,20). The minimum Gasteiger partial charge on any atom is -0.496 e. The summed E-state index contributed by atoms with van der Waals surface area (Å²) < 4.78 is 17.6. The summed E-state index contributed by atoms with van der Waals surface area (Å²) >= 11 is 0. The fourth-order valence-corrected chi connectivity index (χ4v) is 2.89. The topological polar surface area (TPSA) is 126 Å². The number of aromatic nitrogens is 4. The number of ether oxygens (including phenoxy) is 3. The molecule has 132 valence electrons. The average molecular weight is 346 g/mol. The van der Waals surface area contributed by atoms with Crippen molar-refractivity contribution in [1.82, 2.24) is 20.2 Å². The van der Waals surface area contributed by atoms with Crippen LogP contribution in [-0.4, -0.2) is 47.4 Å². The van der Waals surface area contributed by atoms with Crippen LogP contribution in [-0.2, 0) is 4.79 Å². The molecule has 0 spiro atoms. The Morgan fingerprint density at radius 3 is 2.40 bits per heavy atom. The lowest BCUT2D eigenvalue weighted by Crippen LogP contribution is -2.32. The van der Waals surface area contributed by atoms with E-state index in [1.165, 1.54) is 26.0 Å². The van der Waals surface area contributed by atoms with Gasteiger partial charge in [0.2, 0.25) is 11.9 Å². The van der Waals surface area contributed by atoms with E-state index >= 15 is 0 Å². The molecule has 0 fully saturated rings. The normalized spacial score (nSPS) is 16.1. The van der Waals surface area contributed by atoms with Crippen LogP contribution in [0.5, 0.6) is 17.2 Å². The van der Waals surface area contributed by atoms with Crippen LogP contribution in [0, 0.1) is 0 Å². The SMILES string of the molecule is COc1cc(OC)c(C2C(C(N)=O)=C(C)Nc3nnnn32)cc1OC. The number of hydrogen-bond donors (Lipinski definition) is 2. The van der Waals surface area contributed by atoms with Gasteiger partial charge in [0.25, 0.3) is 0 Å². The maximum atomic E-state index is 12.1. The number of benzene rings is 1. The zero-order valence-electron chi connectivity index (χ0n) is 14.2. The van der Waals surface area contributed by atoms with Crippen molar-refractivity contribution >= 4 is 11.9 Å². The third-order valence-electron chi connectivity index (χ3n) is 4.01. The van der Waals surface area contributed by atoms with Gasteiger partial charge in [0.15, 0.2) is 11.5 Å². The molecule has 10 heteroatoms. The van der Waals surface area contributed by atoms with Crippen molar-refractivity contribution in [2.45, 2.75) is 13.0 Å². The number of primary amides is 1. The fraction of sp³-hybridized carbons (Fsp3) is 0.333. The minimum atomic E-state index is -0.668. The number of nitrogens with one attached hydrogen (secondary N) is 1. The van der Waals surface area contributed by atoms with Crippen LogP contribution < -0.4 is 25.3 Å². The molecule has 1 aliphatic heterocycles. The predicted octanol–water partition coefficient (Wildman–Crippen LogP) is 0.473. The summed E-state index contributed by atoms with van der Waals surface area (Å²) in [5.41, 5.74) is 7.12. The maximum Gasteiger partial charge on any atom is 0.248 e. The number of anilines is 1. The molecule has 3 rings (SSSR count). The van der Waals surface area contributed by atoms with Gasteiger partial charge in [-0.05, 0) is 23.4 Å². The first-order chi connectivity index (χ1) is 12.0. The summed E-state index contributed by atoms with van der Waals surface area (Å²) in [6.07, 6.45) is 0. The summed E-state index contributed by atoms with van der Waals surface area (Å²) in [6, 6.07) is 2.72. The molecule has 2 aromatic rings. The number of carbonyl (C=O) groups is 1. The van der Waals surface area contributed by atoms with Gasteiger partial charge < -0.3 is 25.3 Å². The van der Waals surface area contributed by atoms with Crippen molar-refractivity contribution in [1.29, 1.82) is 0 Å². The quantitative estimate of drug-likeness (QED) is 0.800. The predicted molar refractivity (Wildman–Crippen MR) is 87.6 cm³/mol. The van der Waals surface area contributed by atoms with Gasteiger partial charge in [-0.1, -0.05) is 5.10 Å². The maximum absolute atomic E-state index is 12.1. The van der Waals surface area contributed by atoms with Crippen LogP contribution >= 0.6 is 0 Å². The number of hydrogen-bond acceptors (Lipinski definition) is 8. The van der Waals surface area contributed by atoms with Gasteiger partial charge in [-0.15, -0.1) is 0 Å². The van der Waals surface area contributed by atoms with Gasteiger partial charge in [-0.3, -0.25) is 4.79 Å². The van der Waals surface area contributed by atoms with Crippen molar-refractivity contribution in [3.05, 3.63) is 29.0 Å². The zero-order valence-corrected chi connectivity index (χ0v) is 14.2. The average Bonchev–Trinajstić information content (AvgIpc) is 3.06. The second-order valence-electron chi connectivity index (χ2n) is 5.33. The number of rotatable bonds is 5. The summed E-state index contributed by atoms with van der Waals surface area (Å²) in [5.74, 6) is 1.26. The first-order valence-electron chi connectivity index (χ1n) is 7.37. The number of allylic oxidation sites excluding steroid dienone is 1. The summed E-state index contributed by atoms with van der Waals surface area (Å²) in [4.78, 5) is 12.1. The van der Waals surface area contributed by atoms with Crippen molar-refractivity contribution < 1.29 is 19.0 Å². The fourth-order valence-electron chi connectivity index (χ4n) is 2.89. The van der Waals surface area contributed by atoms with Crippen LogP contribution in [0.15, 0.2) is 23.4 Å². The molecule has 1 amide bonds. The number of methoxy groups -OCH3 is 3. The molecule has 1 aromatic heterocycles. The molecule has 0 radical (unpaired) electrons. The molecular weight excluding hydrogens is 328 g/mol. The van der Waals surface area contributed by atoms with E-state index in [9.17, 15) is 4.79 Å². The van der Waals surface area contributed by atoms with E-state index in [4.69, 9.17) is 19.9 Å². The molecule has 1 unspecified atom stereocenters. The number of nitrogens with zero attached hydrogens (tertiary/aromatic N) is 4. The Balaban J connectivity index is 2.28. The number of fused-ring (bicyclic) bond motifs is 1. The molecular formula is C15H18N6O4. The van der Waals surface area contributed by atoms with Crippen LogP contribution in [0.4, 0.5) is 5.95 Å². The first-order valence-corrected chi connectivity index (χ1v) is 7.37. The smallest absolute Gasteiger partial charge is 0.248 e. The van der Waals surface area contributed by atoms with Crippen LogP contribution in [0.2, 0.25) is 0 Å². The Morgan fingerprint density at radius 1 is 1.16 bits per heavy atom. The summed E-state index contributed by atoms with van der Waals surface area (Å²) in [7, 11) is 4.57. The van der Waals surface area contributed by atoms with Crippen LogP contribution in [0.3, 0.4) is 0 Å². The summed E-state index contributed by atoms with van der Waals surface area (Å²) in [6.45, 7) is 1.73. The molecule has 1 atom stereocenters. The second-order valence-corrected chi connectivity index (χ2v) is 5.33. The minimum absolute atomic E-state index is 0.324. The Bertz CT molecular complexity index is 860. The summed E-state index contributed by atoms with van der Waals surface area (Å²) in [5, 5.41) is 14.5. The van der Waals surface area contributed by atoms with E-state index in [0.717, 1.165) is 0 Å². The number of tetrazole rings is 1. The Labute approximate surface area is 143 Å². The Morgan fingerprint density at radius 2 is 1.80 bits per heavy atom. The highest BCUT2D eigenvalue weighted by Crippen LogP contribution is 2.43. The van der Waals surface area contributed by atoms with Gasteiger partial charge in [0.1, 0.15) is 11.8 Å². The number of carbonyl (C=O) groups excluding carboxylic acids is 1.